The molecule has 0 rings (SSSR count). The SMILES string of the molecule is C=CCCCN(C)CCCC(C)CCN. The Kier molecular flexibility index (Phi) is 9.96. The molecule has 0 aromatic rings. The van der Waals surface area contributed by atoms with Gasteiger partial charge in [0.2, 0.25) is 0 Å². The van der Waals surface area contributed by atoms with Crippen molar-refractivity contribution in [2.75, 3.05) is 26.7 Å². The molecule has 15 heavy (non-hydrogen) atoms. The zero-order valence-corrected chi connectivity index (χ0v) is 10.5. The summed E-state index contributed by atoms with van der Waals surface area (Å²) in [5, 5.41) is 0. The molecule has 90 valence electrons. The maximum atomic E-state index is 5.52. The Bertz CT molecular complexity index is 145. The largest absolute Gasteiger partial charge is 0.330 e. The Morgan fingerprint density at radius 2 is 1.93 bits per heavy atom. The summed E-state index contributed by atoms with van der Waals surface area (Å²) in [6.45, 7) is 9.26. The van der Waals surface area contributed by atoms with E-state index in [-0.39, 0.29) is 0 Å². The fourth-order valence-electron chi connectivity index (χ4n) is 1.76. The van der Waals surface area contributed by atoms with E-state index in [1.165, 1.54) is 38.8 Å². The van der Waals surface area contributed by atoms with Gasteiger partial charge in [-0.2, -0.15) is 0 Å². The quantitative estimate of drug-likeness (QED) is 0.445. The van der Waals surface area contributed by atoms with Crippen LogP contribution in [0.5, 0.6) is 0 Å². The van der Waals surface area contributed by atoms with Crippen LogP contribution in [0.4, 0.5) is 0 Å². The molecule has 0 saturated heterocycles. The number of allylic oxidation sites excluding steroid dienone is 1. The van der Waals surface area contributed by atoms with Gasteiger partial charge in [-0.25, -0.2) is 0 Å². The van der Waals surface area contributed by atoms with Gasteiger partial charge < -0.3 is 10.6 Å². The van der Waals surface area contributed by atoms with Crippen LogP contribution >= 0.6 is 0 Å². The van der Waals surface area contributed by atoms with E-state index in [1.54, 1.807) is 0 Å². The first-order valence-electron chi connectivity index (χ1n) is 6.20. The number of nitrogens with two attached hydrogens (primary N) is 1. The third-order valence-electron chi connectivity index (χ3n) is 2.84. The second kappa shape index (κ2) is 10.2. The molecule has 0 bridgehead atoms. The third-order valence-corrected chi connectivity index (χ3v) is 2.84. The molecule has 0 aromatic carbocycles. The van der Waals surface area contributed by atoms with Gasteiger partial charge in [-0.1, -0.05) is 13.0 Å². The zero-order chi connectivity index (χ0) is 11.5. The maximum Gasteiger partial charge on any atom is -0.00188 e. The Hall–Kier alpha value is -0.340. The Balaban J connectivity index is 3.29. The minimum atomic E-state index is 0.788. The van der Waals surface area contributed by atoms with Crippen molar-refractivity contribution in [2.24, 2.45) is 11.7 Å². The smallest absolute Gasteiger partial charge is 0.00188 e. The lowest BCUT2D eigenvalue weighted by atomic mass is 10.0. The van der Waals surface area contributed by atoms with Crippen molar-refractivity contribution in [2.45, 2.75) is 39.0 Å². The van der Waals surface area contributed by atoms with Crippen molar-refractivity contribution >= 4 is 0 Å². The van der Waals surface area contributed by atoms with E-state index in [4.69, 9.17) is 5.73 Å². The lowest BCUT2D eigenvalue weighted by Gasteiger charge is -2.17. The van der Waals surface area contributed by atoms with Crippen LogP contribution in [-0.2, 0) is 0 Å². The van der Waals surface area contributed by atoms with Crippen LogP contribution in [0.3, 0.4) is 0 Å². The number of nitrogens with zero attached hydrogens (tertiary/aromatic N) is 1. The van der Waals surface area contributed by atoms with Crippen LogP contribution in [0.25, 0.3) is 0 Å². The molecule has 0 amide bonds. The Morgan fingerprint density at radius 3 is 2.53 bits per heavy atom. The van der Waals surface area contributed by atoms with Crippen LogP contribution in [0, 0.1) is 5.92 Å². The summed E-state index contributed by atoms with van der Waals surface area (Å²) < 4.78 is 0. The second-order valence-corrected chi connectivity index (χ2v) is 4.56. The highest BCUT2D eigenvalue weighted by Crippen LogP contribution is 2.09. The molecule has 0 aromatic heterocycles. The average Bonchev–Trinajstić information content (AvgIpc) is 2.18. The predicted octanol–water partition coefficient (Wildman–Crippen LogP) is 2.65. The molecule has 0 aliphatic heterocycles. The molecule has 0 spiro atoms. The van der Waals surface area contributed by atoms with Gasteiger partial charge in [-0.15, -0.1) is 6.58 Å². The summed E-state index contributed by atoms with van der Waals surface area (Å²) >= 11 is 0. The van der Waals surface area contributed by atoms with E-state index >= 15 is 0 Å². The Labute approximate surface area is 95.5 Å². The maximum absolute atomic E-state index is 5.52. The minimum absolute atomic E-state index is 0.788. The summed E-state index contributed by atoms with van der Waals surface area (Å²) in [4.78, 5) is 2.42. The van der Waals surface area contributed by atoms with Gasteiger partial charge in [0.05, 0.1) is 0 Å². The van der Waals surface area contributed by atoms with Gasteiger partial charge in [0, 0.05) is 0 Å². The highest BCUT2D eigenvalue weighted by atomic mass is 15.1. The van der Waals surface area contributed by atoms with Crippen LogP contribution in [-0.4, -0.2) is 31.6 Å². The van der Waals surface area contributed by atoms with E-state index in [0.717, 1.165) is 18.9 Å². The van der Waals surface area contributed by atoms with Gasteiger partial charge in [0.1, 0.15) is 0 Å². The van der Waals surface area contributed by atoms with E-state index in [2.05, 4.69) is 25.5 Å². The van der Waals surface area contributed by atoms with Crippen LogP contribution < -0.4 is 5.73 Å². The molecule has 2 heteroatoms. The van der Waals surface area contributed by atoms with Crippen molar-refractivity contribution < 1.29 is 0 Å². The molecule has 0 aliphatic rings. The summed E-state index contributed by atoms with van der Waals surface area (Å²) in [7, 11) is 2.21. The molecule has 1 atom stereocenters. The molecule has 2 N–H and O–H groups in total. The molecule has 0 fully saturated rings. The highest BCUT2D eigenvalue weighted by molar-refractivity contribution is 4.67. The van der Waals surface area contributed by atoms with Gasteiger partial charge in [0.15, 0.2) is 0 Å². The van der Waals surface area contributed by atoms with E-state index in [1.807, 2.05) is 6.08 Å². The van der Waals surface area contributed by atoms with Crippen molar-refractivity contribution in [1.82, 2.24) is 4.90 Å². The van der Waals surface area contributed by atoms with Crippen molar-refractivity contribution in [3.63, 3.8) is 0 Å². The van der Waals surface area contributed by atoms with Gasteiger partial charge >= 0.3 is 0 Å². The lowest BCUT2D eigenvalue weighted by molar-refractivity contribution is 0.310. The van der Waals surface area contributed by atoms with Crippen molar-refractivity contribution in [3.8, 4) is 0 Å². The summed E-state index contributed by atoms with van der Waals surface area (Å²) in [6, 6.07) is 0. The topological polar surface area (TPSA) is 29.3 Å². The van der Waals surface area contributed by atoms with Crippen LogP contribution in [0.2, 0.25) is 0 Å². The molecule has 0 saturated carbocycles. The first-order valence-corrected chi connectivity index (χ1v) is 6.20. The zero-order valence-electron chi connectivity index (χ0n) is 10.5. The molecule has 0 radical (unpaired) electrons. The molecular weight excluding hydrogens is 184 g/mol. The van der Waals surface area contributed by atoms with Crippen molar-refractivity contribution in [3.05, 3.63) is 12.7 Å². The van der Waals surface area contributed by atoms with Gasteiger partial charge in [-0.3, -0.25) is 0 Å². The van der Waals surface area contributed by atoms with Crippen LogP contribution in [0.1, 0.15) is 39.0 Å². The average molecular weight is 212 g/mol. The van der Waals surface area contributed by atoms with E-state index in [0.29, 0.717) is 0 Å². The monoisotopic (exact) mass is 212 g/mol. The summed E-state index contributed by atoms with van der Waals surface area (Å²) in [5.74, 6) is 0.788. The Morgan fingerprint density at radius 1 is 1.27 bits per heavy atom. The van der Waals surface area contributed by atoms with E-state index < -0.39 is 0 Å². The first kappa shape index (κ1) is 14.7. The summed E-state index contributed by atoms with van der Waals surface area (Å²) in [6.07, 6.45) is 8.14. The molecule has 0 aliphatic carbocycles. The van der Waals surface area contributed by atoms with Crippen LogP contribution in [0.15, 0.2) is 12.7 Å². The first-order chi connectivity index (χ1) is 7.20. The molecule has 2 nitrogen and oxygen atoms in total. The normalized spacial score (nSPS) is 13.1. The third kappa shape index (κ3) is 9.95. The van der Waals surface area contributed by atoms with E-state index in [9.17, 15) is 0 Å². The molecule has 1 unspecified atom stereocenters. The van der Waals surface area contributed by atoms with Gasteiger partial charge in [-0.05, 0) is 64.7 Å². The second-order valence-electron chi connectivity index (χ2n) is 4.56. The standard InChI is InChI=1S/C13H28N2/c1-4-5-6-11-15(3)12-7-8-13(2)9-10-14/h4,13H,1,5-12,14H2,2-3H3. The lowest BCUT2D eigenvalue weighted by Crippen LogP contribution is -2.21. The fourth-order valence-corrected chi connectivity index (χ4v) is 1.76. The van der Waals surface area contributed by atoms with Crippen molar-refractivity contribution in [1.29, 1.82) is 0 Å². The fraction of sp³-hybridized carbons (Fsp3) is 0.846. The molecule has 0 heterocycles. The number of hydrogen-bond donors (Lipinski definition) is 1. The summed E-state index contributed by atoms with van der Waals surface area (Å²) in [5.41, 5.74) is 5.52. The predicted molar refractivity (Wildman–Crippen MR) is 69.0 cm³/mol. The highest BCUT2D eigenvalue weighted by Gasteiger charge is 2.02. The minimum Gasteiger partial charge on any atom is -0.330 e. The number of unbranched alkanes of at least 4 members (excludes halogenated alkanes) is 1. The molecular formula is C13H28N2. The number of rotatable bonds is 10. The number of hydrogen-bond acceptors (Lipinski definition) is 2. The van der Waals surface area contributed by atoms with Gasteiger partial charge in [0.25, 0.3) is 0 Å².